The van der Waals surface area contributed by atoms with Crippen LogP contribution in [-0.4, -0.2) is 34.9 Å². The molecule has 3 rings (SSSR count). The molecule has 0 aliphatic carbocycles. The van der Waals surface area contributed by atoms with Gasteiger partial charge < -0.3 is 10.2 Å². The summed E-state index contributed by atoms with van der Waals surface area (Å²) in [4.78, 5) is 19.0. The van der Waals surface area contributed by atoms with Crippen LogP contribution in [0.25, 0.3) is 0 Å². The van der Waals surface area contributed by atoms with Crippen LogP contribution in [0.4, 0.5) is 5.82 Å². The number of benzene rings is 1. The number of amides is 1. The zero-order chi connectivity index (χ0) is 16.2. The molecular weight excluding hydrogens is 286 g/mol. The molecule has 0 spiro atoms. The molecule has 1 fully saturated rings. The summed E-state index contributed by atoms with van der Waals surface area (Å²) in [6.07, 6.45) is 1.90. The van der Waals surface area contributed by atoms with Crippen LogP contribution < -0.4 is 5.32 Å². The van der Waals surface area contributed by atoms with Gasteiger partial charge in [0.25, 0.3) is 5.91 Å². The zero-order valence-corrected chi connectivity index (χ0v) is 13.7. The molecule has 2 heterocycles. The molecular formula is C19H23N3O. The van der Waals surface area contributed by atoms with Gasteiger partial charge in [0, 0.05) is 30.4 Å². The first-order valence-corrected chi connectivity index (χ1v) is 8.18. The Morgan fingerprint density at radius 1 is 1.13 bits per heavy atom. The Balaban J connectivity index is 1.57. The summed E-state index contributed by atoms with van der Waals surface area (Å²) in [5, 5.41) is 3.48. The lowest BCUT2D eigenvalue weighted by Crippen LogP contribution is -2.42. The van der Waals surface area contributed by atoms with E-state index in [2.05, 4.69) is 10.3 Å². The highest BCUT2D eigenvalue weighted by atomic mass is 16.2. The van der Waals surface area contributed by atoms with E-state index in [4.69, 9.17) is 0 Å². The van der Waals surface area contributed by atoms with Crippen LogP contribution in [0.3, 0.4) is 0 Å². The van der Waals surface area contributed by atoms with E-state index in [9.17, 15) is 4.79 Å². The third kappa shape index (κ3) is 3.89. The molecule has 1 aliphatic rings. The summed E-state index contributed by atoms with van der Waals surface area (Å²) in [7, 11) is 0. The lowest BCUT2D eigenvalue weighted by Gasteiger charge is -2.32. The molecule has 4 heteroatoms. The van der Waals surface area contributed by atoms with E-state index in [1.54, 1.807) is 0 Å². The van der Waals surface area contributed by atoms with Gasteiger partial charge >= 0.3 is 0 Å². The first-order valence-electron chi connectivity index (χ1n) is 8.18. The number of hydrogen-bond donors (Lipinski definition) is 1. The molecule has 23 heavy (non-hydrogen) atoms. The van der Waals surface area contributed by atoms with Crippen LogP contribution in [0.5, 0.6) is 0 Å². The van der Waals surface area contributed by atoms with Gasteiger partial charge in [-0.3, -0.25) is 4.79 Å². The van der Waals surface area contributed by atoms with Crippen LogP contribution in [-0.2, 0) is 0 Å². The quantitative estimate of drug-likeness (QED) is 0.945. The second-order valence-electron chi connectivity index (χ2n) is 6.24. The van der Waals surface area contributed by atoms with Gasteiger partial charge in [0.1, 0.15) is 5.82 Å². The highest BCUT2D eigenvalue weighted by Crippen LogP contribution is 2.18. The van der Waals surface area contributed by atoms with Crippen molar-refractivity contribution in [1.82, 2.24) is 9.88 Å². The van der Waals surface area contributed by atoms with Gasteiger partial charge in [-0.2, -0.15) is 0 Å². The lowest BCUT2D eigenvalue weighted by atomic mass is 10.0. The number of anilines is 1. The zero-order valence-electron chi connectivity index (χ0n) is 13.7. The van der Waals surface area contributed by atoms with E-state index in [1.807, 2.05) is 61.2 Å². The molecule has 1 aromatic heterocycles. The van der Waals surface area contributed by atoms with Crippen molar-refractivity contribution in [3.8, 4) is 0 Å². The average Bonchev–Trinajstić information content (AvgIpc) is 2.55. The highest BCUT2D eigenvalue weighted by molar-refractivity contribution is 5.94. The lowest BCUT2D eigenvalue weighted by molar-refractivity contribution is 0.0718. The molecule has 1 saturated heterocycles. The maximum absolute atomic E-state index is 12.6. The molecule has 120 valence electrons. The van der Waals surface area contributed by atoms with E-state index < -0.39 is 0 Å². The van der Waals surface area contributed by atoms with Crippen molar-refractivity contribution in [2.75, 3.05) is 18.4 Å². The number of pyridine rings is 1. The normalized spacial score (nSPS) is 15.5. The van der Waals surface area contributed by atoms with E-state index in [1.165, 1.54) is 0 Å². The molecule has 1 amide bonds. The fourth-order valence-corrected chi connectivity index (χ4v) is 3.02. The standard InChI is InChI=1S/C19H23N3O/c1-14-5-3-7-16(13-14)19(23)22-11-9-17(10-12-22)21-18-8-4-6-15(2)20-18/h3-8,13,17H,9-12H2,1-2H3,(H,20,21). The van der Waals surface area contributed by atoms with Gasteiger partial charge in [0.15, 0.2) is 0 Å². The van der Waals surface area contributed by atoms with Crippen LogP contribution in [0.2, 0.25) is 0 Å². The van der Waals surface area contributed by atoms with Crippen molar-refractivity contribution in [3.05, 3.63) is 59.3 Å². The van der Waals surface area contributed by atoms with Crippen LogP contribution in [0.15, 0.2) is 42.5 Å². The molecule has 0 bridgehead atoms. The molecule has 1 N–H and O–H groups in total. The number of nitrogens with one attached hydrogen (secondary N) is 1. The number of nitrogens with zero attached hydrogens (tertiary/aromatic N) is 2. The number of hydrogen-bond acceptors (Lipinski definition) is 3. The number of likely N-dealkylation sites (tertiary alicyclic amines) is 1. The minimum atomic E-state index is 0.140. The second-order valence-corrected chi connectivity index (χ2v) is 6.24. The maximum Gasteiger partial charge on any atom is 0.253 e. The Kier molecular flexibility index (Phi) is 4.60. The summed E-state index contributed by atoms with van der Waals surface area (Å²) < 4.78 is 0. The SMILES string of the molecule is Cc1cccc(C(=O)N2CCC(Nc3cccc(C)n3)CC2)c1. The van der Waals surface area contributed by atoms with Crippen molar-refractivity contribution in [2.45, 2.75) is 32.7 Å². The summed E-state index contributed by atoms with van der Waals surface area (Å²) in [6.45, 7) is 5.59. The fourth-order valence-electron chi connectivity index (χ4n) is 3.02. The molecule has 0 radical (unpaired) electrons. The van der Waals surface area contributed by atoms with Crippen molar-refractivity contribution >= 4 is 11.7 Å². The molecule has 1 aliphatic heterocycles. The topological polar surface area (TPSA) is 45.2 Å². The number of carbonyl (C=O) groups is 1. The van der Waals surface area contributed by atoms with Gasteiger partial charge in [-0.05, 0) is 51.0 Å². The largest absolute Gasteiger partial charge is 0.367 e. The summed E-state index contributed by atoms with van der Waals surface area (Å²) in [6, 6.07) is 14.2. The van der Waals surface area contributed by atoms with Gasteiger partial charge in [-0.25, -0.2) is 4.98 Å². The van der Waals surface area contributed by atoms with E-state index in [-0.39, 0.29) is 5.91 Å². The van der Waals surface area contributed by atoms with Gasteiger partial charge in [0.05, 0.1) is 0 Å². The van der Waals surface area contributed by atoms with Crippen molar-refractivity contribution in [3.63, 3.8) is 0 Å². The number of aryl methyl sites for hydroxylation is 2. The van der Waals surface area contributed by atoms with Crippen molar-refractivity contribution in [1.29, 1.82) is 0 Å². The Morgan fingerprint density at radius 3 is 2.57 bits per heavy atom. The highest BCUT2D eigenvalue weighted by Gasteiger charge is 2.23. The molecule has 2 aromatic rings. The predicted octanol–water partition coefficient (Wildman–Crippen LogP) is 3.42. The minimum absolute atomic E-state index is 0.140. The maximum atomic E-state index is 12.6. The Labute approximate surface area is 137 Å². The summed E-state index contributed by atoms with van der Waals surface area (Å²) in [5.41, 5.74) is 2.93. The number of aromatic nitrogens is 1. The van der Waals surface area contributed by atoms with Crippen LogP contribution in [0.1, 0.15) is 34.5 Å². The molecule has 0 atom stereocenters. The third-order valence-electron chi connectivity index (χ3n) is 4.29. The first kappa shape index (κ1) is 15.5. The summed E-state index contributed by atoms with van der Waals surface area (Å²) >= 11 is 0. The Bertz CT molecular complexity index is 691. The van der Waals surface area contributed by atoms with Crippen molar-refractivity contribution < 1.29 is 4.79 Å². The van der Waals surface area contributed by atoms with E-state index in [0.29, 0.717) is 6.04 Å². The van der Waals surface area contributed by atoms with Crippen LogP contribution in [0, 0.1) is 13.8 Å². The van der Waals surface area contributed by atoms with Gasteiger partial charge in [0.2, 0.25) is 0 Å². The monoisotopic (exact) mass is 309 g/mol. The molecule has 1 aromatic carbocycles. The van der Waals surface area contributed by atoms with E-state index >= 15 is 0 Å². The predicted molar refractivity (Wildman–Crippen MR) is 92.7 cm³/mol. The average molecular weight is 309 g/mol. The smallest absolute Gasteiger partial charge is 0.253 e. The Hall–Kier alpha value is -2.36. The first-order chi connectivity index (χ1) is 11.1. The second kappa shape index (κ2) is 6.82. The van der Waals surface area contributed by atoms with Gasteiger partial charge in [-0.1, -0.05) is 23.8 Å². The number of rotatable bonds is 3. The minimum Gasteiger partial charge on any atom is -0.367 e. The van der Waals surface area contributed by atoms with Crippen molar-refractivity contribution in [2.24, 2.45) is 0 Å². The Morgan fingerprint density at radius 2 is 1.87 bits per heavy atom. The van der Waals surface area contributed by atoms with Gasteiger partial charge in [-0.15, -0.1) is 0 Å². The molecule has 4 nitrogen and oxygen atoms in total. The van der Waals surface area contributed by atoms with E-state index in [0.717, 1.165) is 48.6 Å². The fraction of sp³-hybridized carbons (Fsp3) is 0.368. The summed E-state index contributed by atoms with van der Waals surface area (Å²) in [5.74, 6) is 1.06. The molecule has 0 unspecified atom stereocenters. The number of carbonyl (C=O) groups excluding carboxylic acids is 1. The molecule has 0 saturated carbocycles. The number of piperidine rings is 1. The van der Waals surface area contributed by atoms with Crippen LogP contribution >= 0.6 is 0 Å². The third-order valence-corrected chi connectivity index (χ3v) is 4.29.